The number of rotatable bonds is 13. The lowest BCUT2D eigenvalue weighted by Gasteiger charge is -2.82. The molecule has 2 bridgehead atoms. The number of carbonyl (C=O) groups excluding carboxylic acids is 4. The minimum Gasteiger partial charge on any atom is -0.479 e. The number of aliphatic carboxylic acids is 1. The van der Waals surface area contributed by atoms with Crippen LogP contribution in [0.4, 0.5) is 0 Å². The van der Waals surface area contributed by atoms with Gasteiger partial charge < -0.3 is 78.8 Å². The van der Waals surface area contributed by atoms with E-state index in [-0.39, 0.29) is 18.8 Å². The highest BCUT2D eigenvalue weighted by molar-refractivity contribution is 5.88. The van der Waals surface area contributed by atoms with E-state index in [9.17, 15) is 64.8 Å². The Kier molecular flexibility index (Phi) is 14.7. The Morgan fingerprint density at radius 2 is 1.56 bits per heavy atom. The van der Waals surface area contributed by atoms with Crippen molar-refractivity contribution in [1.82, 2.24) is 0 Å². The van der Waals surface area contributed by atoms with E-state index in [4.69, 9.17) is 33.2 Å². The standard InChI is InChI=1S/C53H78O20/c1-11-24(3)42(64)71-39-40(72-43(65)25(4)12-2)52(23-55)28(19-47(39,6)7)27-13-14-31-48(8)17-16-32(49(9,22-54)30(48)15-18-50(31,10)51(27)21-53(52,46(51)66)73-26(5)56)68-45-36(61)37(35(60)38(70-45)41(62)63)69-44-34(59)33(58)29(57)20-67-44/h11,13,22,25,28-40,44-46,55,57-61,66H,12,14-21,23H2,1-10H3,(H,62,63)/b24-11-/t25?,28?,29?,30?,31?,32?,33?,34?,35?,36?,37?,38?,39-,40-,44?,45?,46+,48-,49-,50+,51-,52+,53-/m0/s1. The number of allylic oxidation sites excluding steroid dienone is 2. The second-order valence-electron chi connectivity index (χ2n) is 24.1. The molecule has 20 nitrogen and oxygen atoms in total. The number of ether oxygens (including phenoxy) is 7. The number of carboxylic acids is 1. The maximum atomic E-state index is 14.1. The zero-order chi connectivity index (χ0) is 53.9. The van der Waals surface area contributed by atoms with Crippen LogP contribution in [-0.2, 0) is 57.1 Å². The van der Waals surface area contributed by atoms with Gasteiger partial charge in [0.15, 0.2) is 30.4 Å². The molecule has 8 fully saturated rings. The van der Waals surface area contributed by atoms with Crippen molar-refractivity contribution >= 4 is 30.2 Å². The summed E-state index contributed by atoms with van der Waals surface area (Å²) in [7, 11) is 0. The first-order valence-corrected chi connectivity index (χ1v) is 26.0. The van der Waals surface area contributed by atoms with E-state index in [0.717, 1.165) is 11.9 Å². The molecule has 23 atom stereocenters. The molecule has 1 spiro atoms. The fourth-order valence-electron chi connectivity index (χ4n) is 16.0. The second kappa shape index (κ2) is 19.2. The molecule has 20 heteroatoms. The fraction of sp³-hybridized carbons (Fsp3) is 0.830. The molecule has 0 aromatic heterocycles. The summed E-state index contributed by atoms with van der Waals surface area (Å²) in [5.74, 6) is -5.40. The van der Waals surface area contributed by atoms with Crippen LogP contribution >= 0.6 is 0 Å². The number of carboxylic acid groups (broad SMARTS) is 1. The zero-order valence-electron chi connectivity index (χ0n) is 43.6. The van der Waals surface area contributed by atoms with Crippen LogP contribution < -0.4 is 0 Å². The van der Waals surface area contributed by atoms with Crippen LogP contribution in [0.25, 0.3) is 0 Å². The van der Waals surface area contributed by atoms with Gasteiger partial charge in [-0.2, -0.15) is 0 Å². The average Bonchev–Trinajstić information content (AvgIpc) is 3.33. The van der Waals surface area contributed by atoms with Gasteiger partial charge in [-0.1, -0.05) is 66.2 Å². The Labute approximate surface area is 425 Å². The minimum absolute atomic E-state index is 0.0552. The first-order chi connectivity index (χ1) is 34.1. The van der Waals surface area contributed by atoms with Crippen LogP contribution in [0.3, 0.4) is 0 Å². The Bertz CT molecular complexity index is 2250. The van der Waals surface area contributed by atoms with Gasteiger partial charge in [-0.25, -0.2) is 9.59 Å². The van der Waals surface area contributed by atoms with Crippen LogP contribution in [-0.4, -0.2) is 170 Å². The smallest absolute Gasteiger partial charge is 0.335 e. The van der Waals surface area contributed by atoms with Crippen LogP contribution in [0.1, 0.15) is 121 Å². The molecule has 0 aromatic carbocycles. The van der Waals surface area contributed by atoms with E-state index in [1.54, 1.807) is 33.8 Å². The van der Waals surface area contributed by atoms with Crippen molar-refractivity contribution in [2.45, 2.75) is 206 Å². The van der Waals surface area contributed by atoms with Crippen LogP contribution in [0.15, 0.2) is 23.3 Å². The van der Waals surface area contributed by atoms with Gasteiger partial charge in [-0.05, 0) is 87.4 Å². The Morgan fingerprint density at radius 1 is 0.877 bits per heavy atom. The van der Waals surface area contributed by atoms with E-state index in [1.807, 2.05) is 20.8 Å². The third kappa shape index (κ3) is 7.87. The predicted octanol–water partition coefficient (Wildman–Crippen LogP) is 2.02. The van der Waals surface area contributed by atoms with Gasteiger partial charge in [0.25, 0.3) is 0 Å². The maximum Gasteiger partial charge on any atom is 0.335 e. The Hall–Kier alpha value is -3.41. The first-order valence-electron chi connectivity index (χ1n) is 26.0. The van der Waals surface area contributed by atoms with Crippen molar-refractivity contribution in [3.8, 4) is 0 Å². The normalized spacial score (nSPS) is 49.2. The SMILES string of the molecule is C/C=C(/C)C(=O)O[C@H]1[C@H](OC(=O)C(C)CC)[C@@]2(CO)C(CC1(C)C)C1=CCC3[C@@]4(C)CCC(OC5OC(C(=O)O)C(O)C(OC6OCC(O)C(O)C6O)C5O)[C@@](C)(C=O)C4CC[C@@]3(C)[C@@]13C[C@]2(OC(C)=O)[C@@H]3O. The lowest BCUT2D eigenvalue weighted by molar-refractivity contribution is -0.396. The monoisotopic (exact) mass is 1030 g/mol. The van der Waals surface area contributed by atoms with Gasteiger partial charge in [-0.3, -0.25) is 9.59 Å². The quantitative estimate of drug-likeness (QED) is 0.0327. The number of aldehydes is 1. The van der Waals surface area contributed by atoms with Gasteiger partial charge in [0.05, 0.1) is 36.1 Å². The van der Waals surface area contributed by atoms with Gasteiger partial charge in [0.1, 0.15) is 55.1 Å². The molecule has 2 saturated heterocycles. The second-order valence-corrected chi connectivity index (χ2v) is 24.1. The minimum atomic E-state index is -2.01. The zero-order valence-corrected chi connectivity index (χ0v) is 43.6. The number of aliphatic hydroxyl groups is 7. The van der Waals surface area contributed by atoms with Crippen LogP contribution in [0.5, 0.6) is 0 Å². The van der Waals surface area contributed by atoms with E-state index in [1.165, 1.54) is 6.92 Å². The number of carbonyl (C=O) groups is 5. The molecule has 0 aromatic rings. The molecular formula is C53H78O20. The van der Waals surface area contributed by atoms with E-state index < -0.39 is 173 Å². The molecule has 0 radical (unpaired) electrons. The topological polar surface area (TPSA) is 312 Å². The highest BCUT2D eigenvalue weighted by atomic mass is 16.7. The molecule has 2 aliphatic heterocycles. The molecule has 8 N–H and O–H groups in total. The first kappa shape index (κ1) is 55.8. The lowest BCUT2D eigenvalue weighted by atomic mass is 9.23. The Morgan fingerprint density at radius 3 is 2.15 bits per heavy atom. The highest BCUT2D eigenvalue weighted by Crippen LogP contribution is 2.84. The summed E-state index contributed by atoms with van der Waals surface area (Å²) in [5, 5.41) is 89.2. The van der Waals surface area contributed by atoms with E-state index in [0.29, 0.717) is 44.1 Å². The fourth-order valence-corrected chi connectivity index (χ4v) is 16.0. The molecule has 2 heterocycles. The number of hydrogen-bond donors (Lipinski definition) is 8. The highest BCUT2D eigenvalue weighted by Gasteiger charge is 2.89. The number of esters is 3. The van der Waals surface area contributed by atoms with Crippen molar-refractivity contribution in [2.24, 2.45) is 56.2 Å². The van der Waals surface area contributed by atoms with Crippen LogP contribution in [0.2, 0.25) is 0 Å². The van der Waals surface area contributed by atoms with Crippen molar-refractivity contribution in [2.75, 3.05) is 13.2 Å². The molecule has 410 valence electrons. The summed E-state index contributed by atoms with van der Waals surface area (Å²) < 4.78 is 42.5. The third-order valence-corrected chi connectivity index (χ3v) is 20.2. The number of fused-ring (bicyclic) bond motifs is 3. The molecule has 73 heavy (non-hydrogen) atoms. The lowest BCUT2D eigenvalue weighted by Crippen LogP contribution is -2.89. The summed E-state index contributed by atoms with van der Waals surface area (Å²) in [5.41, 5.74) is -6.89. The molecule has 14 unspecified atom stereocenters. The largest absolute Gasteiger partial charge is 0.479 e. The molecule has 7 aliphatic carbocycles. The van der Waals surface area contributed by atoms with Crippen molar-refractivity contribution in [3.05, 3.63) is 23.3 Å². The maximum absolute atomic E-state index is 14.1. The summed E-state index contributed by atoms with van der Waals surface area (Å²) in [6.45, 7) is 16.8. The molecular weight excluding hydrogens is 957 g/mol. The summed E-state index contributed by atoms with van der Waals surface area (Å²) in [6, 6.07) is 0. The van der Waals surface area contributed by atoms with Crippen molar-refractivity contribution in [1.29, 1.82) is 0 Å². The third-order valence-electron chi connectivity index (χ3n) is 20.2. The molecule has 9 aliphatic rings. The van der Waals surface area contributed by atoms with Gasteiger partial charge in [0.2, 0.25) is 0 Å². The average molecular weight is 1040 g/mol. The van der Waals surface area contributed by atoms with Crippen molar-refractivity contribution < 1.29 is 98.0 Å². The van der Waals surface area contributed by atoms with Gasteiger partial charge >= 0.3 is 23.9 Å². The molecule has 0 amide bonds. The molecule has 6 saturated carbocycles. The molecule has 9 rings (SSSR count). The van der Waals surface area contributed by atoms with Crippen molar-refractivity contribution in [3.63, 3.8) is 0 Å². The summed E-state index contributed by atoms with van der Waals surface area (Å²) in [6.07, 6.45) is -13.7. The Balaban J connectivity index is 1.15. The predicted molar refractivity (Wildman–Crippen MR) is 252 cm³/mol. The summed E-state index contributed by atoms with van der Waals surface area (Å²) >= 11 is 0. The number of aliphatic hydroxyl groups excluding tert-OH is 7. The summed E-state index contributed by atoms with van der Waals surface area (Å²) in [4.78, 5) is 67.5. The van der Waals surface area contributed by atoms with E-state index in [2.05, 4.69) is 19.9 Å². The van der Waals surface area contributed by atoms with Gasteiger partial charge in [-0.15, -0.1) is 0 Å². The number of hydrogen-bond acceptors (Lipinski definition) is 19. The van der Waals surface area contributed by atoms with Crippen LogP contribution in [0, 0.1) is 56.2 Å². The van der Waals surface area contributed by atoms with E-state index >= 15 is 0 Å². The van der Waals surface area contributed by atoms with Gasteiger partial charge in [0, 0.05) is 29.7 Å².